The number of hydrogen-bond donors (Lipinski definition) is 2. The molecule has 0 spiro atoms. The molecule has 1 aromatic carbocycles. The summed E-state index contributed by atoms with van der Waals surface area (Å²) in [6.45, 7) is 2.82. The molecule has 2 rings (SSSR count). The minimum atomic E-state index is -4.49. The molecule has 0 aliphatic rings. The van der Waals surface area contributed by atoms with Gasteiger partial charge >= 0.3 is 6.18 Å². The number of alkyl halides is 3. The highest BCUT2D eigenvalue weighted by atomic mass is 35.5. The van der Waals surface area contributed by atoms with Crippen LogP contribution in [0.25, 0.3) is 0 Å². The molecular weight excluding hydrogens is 355 g/mol. The smallest absolute Gasteiger partial charge is 0.357 e. The van der Waals surface area contributed by atoms with Crippen LogP contribution in [0, 0.1) is 0 Å². The van der Waals surface area contributed by atoms with Gasteiger partial charge < -0.3 is 10.6 Å². The molecule has 0 bridgehead atoms. The molecule has 0 aliphatic carbocycles. The fourth-order valence-corrected chi connectivity index (χ4v) is 2.31. The van der Waals surface area contributed by atoms with Gasteiger partial charge in [0.15, 0.2) is 11.7 Å². The third kappa shape index (κ3) is 5.67. The Morgan fingerprint density at radius 3 is 2.52 bits per heavy atom. The molecule has 0 saturated carbocycles. The maximum atomic E-state index is 13.0. The first-order valence-electron chi connectivity index (χ1n) is 7.66. The van der Waals surface area contributed by atoms with Gasteiger partial charge in [0, 0.05) is 36.9 Å². The number of guanidine groups is 1. The molecule has 2 N–H and O–H groups in total. The summed E-state index contributed by atoms with van der Waals surface area (Å²) in [4.78, 5) is 4.37. The maximum absolute atomic E-state index is 13.0. The quantitative estimate of drug-likeness (QED) is 0.624. The Balaban J connectivity index is 2.07. The predicted octanol–water partition coefficient (Wildman–Crippen LogP) is 3.35. The third-order valence-corrected chi connectivity index (χ3v) is 3.55. The van der Waals surface area contributed by atoms with Crippen LogP contribution in [0.5, 0.6) is 0 Å². The zero-order chi connectivity index (χ0) is 18.4. The highest BCUT2D eigenvalue weighted by Gasteiger charge is 2.36. The van der Waals surface area contributed by atoms with E-state index in [0.717, 1.165) is 10.2 Å². The Morgan fingerprint density at radius 2 is 1.92 bits per heavy atom. The highest BCUT2D eigenvalue weighted by Crippen LogP contribution is 2.30. The first-order chi connectivity index (χ1) is 11.8. The average molecular weight is 374 g/mol. The first-order valence-corrected chi connectivity index (χ1v) is 8.03. The minimum Gasteiger partial charge on any atom is -0.357 e. The number of nitrogens with one attached hydrogen (secondary N) is 2. The van der Waals surface area contributed by atoms with E-state index in [1.807, 2.05) is 19.1 Å². The normalized spacial score (nSPS) is 12.3. The van der Waals surface area contributed by atoms with Crippen LogP contribution in [-0.2, 0) is 26.3 Å². The number of halogens is 4. The monoisotopic (exact) mass is 373 g/mol. The lowest BCUT2D eigenvalue weighted by atomic mass is 10.2. The second kappa shape index (κ2) is 8.24. The fraction of sp³-hybridized carbons (Fsp3) is 0.375. The largest absolute Gasteiger partial charge is 0.435 e. The number of hydrogen-bond acceptors (Lipinski definition) is 2. The van der Waals surface area contributed by atoms with Gasteiger partial charge in [0.05, 0.1) is 6.54 Å². The summed E-state index contributed by atoms with van der Waals surface area (Å²) >= 11 is 5.83. The minimum absolute atomic E-state index is 0.0326. The molecule has 0 amide bonds. The summed E-state index contributed by atoms with van der Waals surface area (Å²) in [5.74, 6) is 0.425. The van der Waals surface area contributed by atoms with E-state index >= 15 is 0 Å². The van der Waals surface area contributed by atoms with Gasteiger partial charge in [-0.1, -0.05) is 23.7 Å². The van der Waals surface area contributed by atoms with Gasteiger partial charge in [-0.25, -0.2) is 4.99 Å². The Morgan fingerprint density at radius 1 is 1.24 bits per heavy atom. The van der Waals surface area contributed by atoms with Crippen molar-refractivity contribution in [2.75, 3.05) is 6.54 Å². The van der Waals surface area contributed by atoms with Gasteiger partial charge in [0.1, 0.15) is 0 Å². The van der Waals surface area contributed by atoms with Crippen LogP contribution in [0.1, 0.15) is 23.7 Å². The molecule has 1 heterocycles. The molecule has 0 radical (unpaired) electrons. The van der Waals surface area contributed by atoms with Gasteiger partial charge in [-0.2, -0.15) is 18.3 Å². The van der Waals surface area contributed by atoms with Crippen molar-refractivity contribution in [2.24, 2.45) is 12.0 Å². The Bertz CT molecular complexity index is 722. The highest BCUT2D eigenvalue weighted by molar-refractivity contribution is 6.30. The van der Waals surface area contributed by atoms with E-state index in [9.17, 15) is 13.2 Å². The summed E-state index contributed by atoms with van der Waals surface area (Å²) in [5, 5.41) is 10.0. The summed E-state index contributed by atoms with van der Waals surface area (Å²) < 4.78 is 40.1. The van der Waals surface area contributed by atoms with Crippen LogP contribution in [0.4, 0.5) is 13.2 Å². The molecule has 5 nitrogen and oxygen atoms in total. The number of rotatable bonds is 5. The van der Waals surface area contributed by atoms with Crippen LogP contribution < -0.4 is 10.6 Å². The summed E-state index contributed by atoms with van der Waals surface area (Å²) in [7, 11) is 1.46. The number of aliphatic imine (C=N–C) groups is 1. The number of aryl methyl sites for hydroxylation is 1. The molecule has 0 aliphatic heterocycles. The molecule has 9 heteroatoms. The van der Waals surface area contributed by atoms with E-state index in [1.165, 1.54) is 13.2 Å². The number of aromatic nitrogens is 2. The van der Waals surface area contributed by atoms with Crippen LogP contribution in [0.2, 0.25) is 5.02 Å². The molecule has 2 aromatic rings. The van der Waals surface area contributed by atoms with Crippen molar-refractivity contribution in [3.63, 3.8) is 0 Å². The topological polar surface area (TPSA) is 54.2 Å². The van der Waals surface area contributed by atoms with Gasteiger partial charge in [-0.05, 0) is 24.6 Å². The van der Waals surface area contributed by atoms with Crippen LogP contribution in [-0.4, -0.2) is 22.3 Å². The van der Waals surface area contributed by atoms with Crippen molar-refractivity contribution < 1.29 is 13.2 Å². The van der Waals surface area contributed by atoms with Crippen molar-refractivity contribution in [3.05, 3.63) is 52.3 Å². The zero-order valence-corrected chi connectivity index (χ0v) is 14.6. The van der Waals surface area contributed by atoms with Gasteiger partial charge in [0.25, 0.3) is 0 Å². The molecule has 0 saturated heterocycles. The number of nitrogens with zero attached hydrogens (tertiary/aromatic N) is 3. The molecule has 0 unspecified atom stereocenters. The van der Waals surface area contributed by atoms with Gasteiger partial charge in [-0.3, -0.25) is 4.68 Å². The predicted molar refractivity (Wildman–Crippen MR) is 91.3 cm³/mol. The second-order valence-corrected chi connectivity index (χ2v) is 5.79. The molecule has 136 valence electrons. The Labute approximate surface area is 148 Å². The molecule has 1 aromatic heterocycles. The van der Waals surface area contributed by atoms with Gasteiger partial charge in [-0.15, -0.1) is 0 Å². The lowest BCUT2D eigenvalue weighted by Crippen LogP contribution is -2.37. The van der Waals surface area contributed by atoms with Crippen molar-refractivity contribution in [1.29, 1.82) is 0 Å². The van der Waals surface area contributed by atoms with E-state index in [1.54, 1.807) is 12.1 Å². The number of benzene rings is 1. The van der Waals surface area contributed by atoms with Crippen LogP contribution in [0.3, 0.4) is 0 Å². The SMILES string of the molecule is CCNC(=NCc1ccc(Cl)cc1)NCc1cn(C)nc1C(F)(F)F. The van der Waals surface area contributed by atoms with Crippen LogP contribution in [0.15, 0.2) is 35.5 Å². The van der Waals surface area contributed by atoms with Crippen molar-refractivity contribution >= 4 is 17.6 Å². The van der Waals surface area contributed by atoms with Crippen molar-refractivity contribution in [3.8, 4) is 0 Å². The fourth-order valence-electron chi connectivity index (χ4n) is 2.19. The lowest BCUT2D eigenvalue weighted by Gasteiger charge is -2.12. The standard InChI is InChI=1S/C16H19ClF3N5/c1-3-21-15(22-8-11-4-6-13(17)7-5-11)23-9-12-10-25(2)24-14(12)16(18,19)20/h4-7,10H,3,8-9H2,1-2H3,(H2,21,22,23). The van der Waals surface area contributed by atoms with E-state index in [0.29, 0.717) is 24.1 Å². The van der Waals surface area contributed by atoms with Gasteiger partial charge in [0.2, 0.25) is 0 Å². The van der Waals surface area contributed by atoms with E-state index in [4.69, 9.17) is 11.6 Å². The molecular formula is C16H19ClF3N5. The third-order valence-electron chi connectivity index (χ3n) is 3.30. The summed E-state index contributed by atoms with van der Waals surface area (Å²) in [5.41, 5.74) is 0.113. The maximum Gasteiger partial charge on any atom is 0.435 e. The van der Waals surface area contributed by atoms with Crippen molar-refractivity contribution in [1.82, 2.24) is 20.4 Å². The van der Waals surface area contributed by atoms with E-state index in [-0.39, 0.29) is 12.1 Å². The van der Waals surface area contributed by atoms with Crippen molar-refractivity contribution in [2.45, 2.75) is 26.2 Å². The van der Waals surface area contributed by atoms with E-state index in [2.05, 4.69) is 20.7 Å². The Hall–Kier alpha value is -2.22. The molecule has 0 fully saturated rings. The molecule has 0 atom stereocenters. The summed E-state index contributed by atoms with van der Waals surface area (Å²) in [6, 6.07) is 7.21. The second-order valence-electron chi connectivity index (χ2n) is 5.35. The molecule has 25 heavy (non-hydrogen) atoms. The zero-order valence-electron chi connectivity index (χ0n) is 13.9. The summed E-state index contributed by atoms with van der Waals surface area (Å²) in [6.07, 6.45) is -3.14. The van der Waals surface area contributed by atoms with Crippen LogP contribution >= 0.6 is 11.6 Å². The Kier molecular flexibility index (Phi) is 6.30. The average Bonchev–Trinajstić information content (AvgIpc) is 2.93. The van der Waals surface area contributed by atoms with E-state index < -0.39 is 11.9 Å². The first kappa shape index (κ1) is 19.1. The lowest BCUT2D eigenvalue weighted by molar-refractivity contribution is -0.142.